The van der Waals surface area contributed by atoms with E-state index in [0.717, 1.165) is 21.1 Å². The summed E-state index contributed by atoms with van der Waals surface area (Å²) in [5.41, 5.74) is 3.21. The van der Waals surface area contributed by atoms with Crippen molar-refractivity contribution in [1.29, 1.82) is 0 Å². The number of aryl methyl sites for hydroxylation is 2. The number of hydrogen-bond acceptors (Lipinski definition) is 10. The fourth-order valence-corrected chi connectivity index (χ4v) is 4.79. The molecule has 0 aliphatic carbocycles. The molecule has 2 N–H and O–H groups in total. The van der Waals surface area contributed by atoms with E-state index in [1.54, 1.807) is 12.1 Å². The van der Waals surface area contributed by atoms with Crippen LogP contribution >= 0.6 is 22.7 Å². The van der Waals surface area contributed by atoms with Crippen molar-refractivity contribution < 1.29 is 19.1 Å². The minimum Gasteiger partial charge on any atom is -0.379 e. The zero-order valence-corrected chi connectivity index (χ0v) is 22.7. The highest BCUT2D eigenvalue weighted by Crippen LogP contribution is 2.18. The van der Waals surface area contributed by atoms with E-state index in [-0.39, 0.29) is 11.8 Å². The van der Waals surface area contributed by atoms with Gasteiger partial charge in [0, 0.05) is 24.0 Å². The Morgan fingerprint density at radius 1 is 0.684 bits per heavy atom. The van der Waals surface area contributed by atoms with Crippen molar-refractivity contribution in [3.63, 3.8) is 0 Å². The number of nitrogens with zero attached hydrogens (tertiary/aromatic N) is 4. The molecule has 0 spiro atoms. The fourth-order valence-electron chi connectivity index (χ4n) is 3.36. The fraction of sp³-hybridized carbons (Fsp3) is 0.308. The molecule has 4 aromatic rings. The van der Waals surface area contributed by atoms with E-state index in [1.807, 2.05) is 50.2 Å². The molecule has 0 atom stereocenters. The third-order valence-corrected chi connectivity index (χ3v) is 7.02. The maximum Gasteiger partial charge on any atom is 0.257 e. The number of nitrogens with one attached hydrogen (secondary N) is 2. The van der Waals surface area contributed by atoms with Crippen LogP contribution in [0.15, 0.2) is 48.5 Å². The highest BCUT2D eigenvalue weighted by Gasteiger charge is 2.12. The quantitative estimate of drug-likeness (QED) is 0.235. The zero-order chi connectivity index (χ0) is 26.7. The van der Waals surface area contributed by atoms with Gasteiger partial charge >= 0.3 is 0 Å². The van der Waals surface area contributed by atoms with Gasteiger partial charge in [0.25, 0.3) is 11.8 Å². The van der Waals surface area contributed by atoms with E-state index in [1.165, 1.54) is 22.7 Å². The molecule has 38 heavy (non-hydrogen) atoms. The van der Waals surface area contributed by atoms with Crippen LogP contribution in [-0.2, 0) is 22.3 Å². The molecule has 12 heteroatoms. The number of benzene rings is 2. The lowest BCUT2D eigenvalue weighted by Gasteiger charge is -2.04. The molecule has 0 unspecified atom stereocenters. The average molecular weight is 553 g/mol. The number of ether oxygens (including phenoxy) is 2. The molecule has 0 fully saturated rings. The number of anilines is 2. The van der Waals surface area contributed by atoms with E-state index in [4.69, 9.17) is 9.47 Å². The van der Waals surface area contributed by atoms with Crippen molar-refractivity contribution in [2.45, 2.75) is 26.7 Å². The Balaban J connectivity index is 1.06. The summed E-state index contributed by atoms with van der Waals surface area (Å²) in [5, 5.41) is 24.3. The topological polar surface area (TPSA) is 128 Å². The molecule has 0 saturated carbocycles. The van der Waals surface area contributed by atoms with Gasteiger partial charge in [-0.1, -0.05) is 58.1 Å². The maximum absolute atomic E-state index is 12.3. The lowest BCUT2D eigenvalue weighted by Crippen LogP contribution is -2.11. The molecule has 2 amide bonds. The number of aromatic nitrogens is 4. The van der Waals surface area contributed by atoms with Gasteiger partial charge in [0.2, 0.25) is 10.3 Å². The van der Waals surface area contributed by atoms with E-state index in [2.05, 4.69) is 31.0 Å². The minimum atomic E-state index is -0.207. The smallest absolute Gasteiger partial charge is 0.257 e. The Labute approximate surface area is 228 Å². The minimum absolute atomic E-state index is 0.207. The molecule has 198 valence electrons. The van der Waals surface area contributed by atoms with Gasteiger partial charge in [0.15, 0.2) is 0 Å². The summed E-state index contributed by atoms with van der Waals surface area (Å²) in [7, 11) is 0. The molecule has 2 aromatic carbocycles. The lowest BCUT2D eigenvalue weighted by atomic mass is 10.1. The van der Waals surface area contributed by atoms with E-state index >= 15 is 0 Å². The molecule has 2 heterocycles. The van der Waals surface area contributed by atoms with Gasteiger partial charge in [-0.3, -0.25) is 20.2 Å². The summed E-state index contributed by atoms with van der Waals surface area (Å²) in [4.78, 5) is 24.6. The van der Waals surface area contributed by atoms with Crippen LogP contribution in [0, 0.1) is 13.8 Å². The van der Waals surface area contributed by atoms with Gasteiger partial charge in [-0.05, 0) is 38.1 Å². The predicted molar refractivity (Wildman–Crippen MR) is 147 cm³/mol. The van der Waals surface area contributed by atoms with Gasteiger partial charge in [0.05, 0.1) is 26.4 Å². The third-order valence-electron chi connectivity index (χ3n) is 5.23. The molecule has 10 nitrogen and oxygen atoms in total. The molecule has 4 rings (SSSR count). The van der Waals surface area contributed by atoms with Crippen LogP contribution in [0.5, 0.6) is 0 Å². The first kappa shape index (κ1) is 27.5. The van der Waals surface area contributed by atoms with E-state index in [0.29, 0.717) is 60.7 Å². The number of rotatable bonds is 13. The Morgan fingerprint density at radius 2 is 1.13 bits per heavy atom. The number of carbonyl (C=O) groups excluding carboxylic acids is 2. The molecule has 0 bridgehead atoms. The molecule has 0 saturated heterocycles. The van der Waals surface area contributed by atoms with Crippen molar-refractivity contribution in [3.8, 4) is 0 Å². The van der Waals surface area contributed by atoms with Crippen molar-refractivity contribution in [2.75, 3.05) is 37.1 Å². The highest BCUT2D eigenvalue weighted by atomic mass is 32.1. The number of amides is 2. The normalized spacial score (nSPS) is 10.9. The number of hydrogen-bond donors (Lipinski definition) is 2. The molecular weight excluding hydrogens is 524 g/mol. The Morgan fingerprint density at radius 3 is 1.55 bits per heavy atom. The Bertz CT molecular complexity index is 1270. The number of carbonyl (C=O) groups is 2. The SMILES string of the molecule is Cc1cccc(C(=O)Nc2nnc(CCOCCOCCc3nnc(NC(=O)c4cccc(C)c4)s3)s2)c1. The summed E-state index contributed by atoms with van der Waals surface area (Å²) in [6.45, 7) is 5.73. The predicted octanol–water partition coefficient (Wildman–Crippen LogP) is 4.33. The second-order valence-corrected chi connectivity index (χ2v) is 10.5. The molecule has 0 radical (unpaired) electrons. The van der Waals surface area contributed by atoms with E-state index < -0.39 is 0 Å². The van der Waals surface area contributed by atoms with Crippen molar-refractivity contribution in [3.05, 3.63) is 80.8 Å². The van der Waals surface area contributed by atoms with Crippen LogP contribution in [0.25, 0.3) is 0 Å². The summed E-state index contributed by atoms with van der Waals surface area (Å²) < 4.78 is 11.2. The second-order valence-electron chi connectivity index (χ2n) is 8.37. The molecular formula is C26H28N6O4S2. The van der Waals surface area contributed by atoms with Crippen molar-refractivity contribution in [1.82, 2.24) is 20.4 Å². The first-order chi connectivity index (χ1) is 18.5. The van der Waals surface area contributed by atoms with Gasteiger partial charge in [-0.25, -0.2) is 0 Å². The standard InChI is InChI=1S/C26H28N6O4S2/c1-17-5-3-7-19(15-17)23(33)27-25-31-29-21(37-25)9-11-35-13-14-36-12-10-22-30-32-26(38-22)28-24(34)20-8-4-6-18(2)16-20/h3-8,15-16H,9-14H2,1-2H3,(H,27,31,33)(H,28,32,34). The summed E-state index contributed by atoms with van der Waals surface area (Å²) in [6, 6.07) is 14.7. The summed E-state index contributed by atoms with van der Waals surface area (Å²) in [5.74, 6) is -0.414. The van der Waals surface area contributed by atoms with Crippen LogP contribution in [0.4, 0.5) is 10.3 Å². The average Bonchev–Trinajstić information content (AvgIpc) is 3.54. The highest BCUT2D eigenvalue weighted by molar-refractivity contribution is 7.15. The van der Waals surface area contributed by atoms with E-state index in [9.17, 15) is 9.59 Å². The van der Waals surface area contributed by atoms with Gasteiger partial charge < -0.3 is 9.47 Å². The van der Waals surface area contributed by atoms with Crippen LogP contribution in [0.3, 0.4) is 0 Å². The van der Waals surface area contributed by atoms with Crippen molar-refractivity contribution in [2.24, 2.45) is 0 Å². The van der Waals surface area contributed by atoms with Crippen LogP contribution in [0.2, 0.25) is 0 Å². The third kappa shape index (κ3) is 8.48. The van der Waals surface area contributed by atoms with Crippen LogP contribution < -0.4 is 10.6 Å². The summed E-state index contributed by atoms with van der Waals surface area (Å²) >= 11 is 2.66. The van der Waals surface area contributed by atoms with Gasteiger partial charge in [0.1, 0.15) is 10.0 Å². The Hall–Kier alpha value is -3.58. The van der Waals surface area contributed by atoms with Gasteiger partial charge in [-0.15, -0.1) is 20.4 Å². The second kappa shape index (κ2) is 13.8. The monoisotopic (exact) mass is 552 g/mol. The van der Waals surface area contributed by atoms with Crippen LogP contribution in [0.1, 0.15) is 41.9 Å². The molecule has 0 aliphatic rings. The first-order valence-electron chi connectivity index (χ1n) is 12.0. The lowest BCUT2D eigenvalue weighted by molar-refractivity contribution is 0.0500. The largest absolute Gasteiger partial charge is 0.379 e. The maximum atomic E-state index is 12.3. The van der Waals surface area contributed by atoms with Crippen LogP contribution in [-0.4, -0.2) is 58.6 Å². The molecule has 2 aromatic heterocycles. The molecule has 0 aliphatic heterocycles. The first-order valence-corrected chi connectivity index (χ1v) is 13.7. The zero-order valence-electron chi connectivity index (χ0n) is 21.1. The Kier molecular flexibility index (Phi) is 9.98. The summed E-state index contributed by atoms with van der Waals surface area (Å²) in [6.07, 6.45) is 1.19. The van der Waals surface area contributed by atoms with Crippen molar-refractivity contribution >= 4 is 44.8 Å². The van der Waals surface area contributed by atoms with Gasteiger partial charge in [-0.2, -0.15) is 0 Å².